The Labute approximate surface area is 99.7 Å². The monoisotopic (exact) mass is 243 g/mol. The average molecular weight is 243 g/mol. The van der Waals surface area contributed by atoms with Gasteiger partial charge in [0.15, 0.2) is 5.17 Å². The van der Waals surface area contributed by atoms with E-state index < -0.39 is 11.8 Å². The Balaban J connectivity index is 2.37. The van der Waals surface area contributed by atoms with Crippen molar-refractivity contribution in [3.05, 3.63) is 0 Å². The van der Waals surface area contributed by atoms with E-state index in [9.17, 15) is 9.59 Å². The molecule has 0 saturated heterocycles. The third-order valence-corrected chi connectivity index (χ3v) is 3.09. The van der Waals surface area contributed by atoms with Crippen LogP contribution in [0.15, 0.2) is 4.99 Å². The summed E-state index contributed by atoms with van der Waals surface area (Å²) in [6.07, 6.45) is 1.91. The maximum atomic E-state index is 11.6. The molecule has 0 aromatic rings. The second kappa shape index (κ2) is 6.52. The first-order valence-corrected chi connectivity index (χ1v) is 6.37. The average Bonchev–Trinajstić information content (AvgIpc) is 2.77. The van der Waals surface area contributed by atoms with Gasteiger partial charge in [0.1, 0.15) is 0 Å². The fraction of sp³-hybridized carbons (Fsp3) is 0.700. The van der Waals surface area contributed by atoms with Crippen molar-refractivity contribution in [3.8, 4) is 0 Å². The first kappa shape index (κ1) is 13.0. The van der Waals surface area contributed by atoms with Crippen LogP contribution in [0.1, 0.15) is 19.8 Å². The van der Waals surface area contributed by atoms with Crippen molar-refractivity contribution in [3.63, 3.8) is 0 Å². The van der Waals surface area contributed by atoms with Gasteiger partial charge in [-0.2, -0.15) is 0 Å². The second-order valence-electron chi connectivity index (χ2n) is 3.57. The number of carbonyl (C=O) groups excluding carboxylic acids is 2. The van der Waals surface area contributed by atoms with Crippen molar-refractivity contribution in [2.24, 2.45) is 4.99 Å². The van der Waals surface area contributed by atoms with Crippen molar-refractivity contribution >= 4 is 28.7 Å². The molecule has 1 aliphatic rings. The number of hydrogen-bond acceptors (Lipinski definition) is 4. The van der Waals surface area contributed by atoms with Crippen molar-refractivity contribution in [1.82, 2.24) is 10.2 Å². The van der Waals surface area contributed by atoms with E-state index in [4.69, 9.17) is 0 Å². The maximum Gasteiger partial charge on any atom is 0.315 e. The number of amidine groups is 1. The van der Waals surface area contributed by atoms with Crippen LogP contribution in [0.4, 0.5) is 0 Å². The number of likely N-dealkylation sites (N-methyl/N-ethyl adjacent to an activating group) is 1. The Hall–Kier alpha value is -1.04. The van der Waals surface area contributed by atoms with Gasteiger partial charge >= 0.3 is 11.8 Å². The Morgan fingerprint density at radius 2 is 2.31 bits per heavy atom. The van der Waals surface area contributed by atoms with E-state index in [1.807, 2.05) is 6.92 Å². The summed E-state index contributed by atoms with van der Waals surface area (Å²) in [5, 5.41) is 3.08. The number of nitrogens with one attached hydrogen (secondary N) is 1. The highest BCUT2D eigenvalue weighted by Crippen LogP contribution is 2.08. The van der Waals surface area contributed by atoms with Crippen LogP contribution in [-0.2, 0) is 9.59 Å². The van der Waals surface area contributed by atoms with Gasteiger partial charge in [0, 0.05) is 19.3 Å². The van der Waals surface area contributed by atoms with Crippen LogP contribution in [-0.4, -0.2) is 47.8 Å². The molecule has 0 atom stereocenters. The molecule has 1 heterocycles. The molecule has 0 aromatic carbocycles. The van der Waals surface area contributed by atoms with Gasteiger partial charge in [-0.05, 0) is 6.42 Å². The predicted molar refractivity (Wildman–Crippen MR) is 65.4 cm³/mol. The van der Waals surface area contributed by atoms with Crippen LogP contribution in [0.5, 0.6) is 0 Å². The highest BCUT2D eigenvalue weighted by atomic mass is 32.2. The summed E-state index contributed by atoms with van der Waals surface area (Å²) in [5.41, 5.74) is 0. The molecular weight excluding hydrogens is 226 g/mol. The minimum atomic E-state index is -0.591. The Morgan fingerprint density at radius 3 is 2.88 bits per heavy atom. The molecule has 2 amide bonds. The quantitative estimate of drug-likeness (QED) is 0.733. The first-order chi connectivity index (χ1) is 7.65. The number of unbranched alkanes of at least 4 members (excludes halogenated alkanes) is 1. The molecule has 1 aliphatic heterocycles. The van der Waals surface area contributed by atoms with E-state index in [0.29, 0.717) is 18.3 Å². The summed E-state index contributed by atoms with van der Waals surface area (Å²) in [6.45, 7) is 3.37. The zero-order valence-corrected chi connectivity index (χ0v) is 10.5. The summed E-state index contributed by atoms with van der Waals surface area (Å²) in [7, 11) is 1.64. The number of carbonyl (C=O) groups is 2. The standard InChI is InChI=1S/C10H17N3O2S/c1-3-4-6-13(2)9(15)8(14)12-10-11-5-7-16-10/h3-7H2,1-2H3,(H,11,12,14). The molecule has 0 fully saturated rings. The van der Waals surface area contributed by atoms with Crippen molar-refractivity contribution < 1.29 is 9.59 Å². The minimum Gasteiger partial charge on any atom is -0.338 e. The summed E-state index contributed by atoms with van der Waals surface area (Å²) < 4.78 is 0. The van der Waals surface area contributed by atoms with Crippen LogP contribution < -0.4 is 5.32 Å². The fourth-order valence-electron chi connectivity index (χ4n) is 1.23. The van der Waals surface area contributed by atoms with Crippen molar-refractivity contribution in [1.29, 1.82) is 0 Å². The largest absolute Gasteiger partial charge is 0.338 e. The molecule has 1 rings (SSSR count). The SMILES string of the molecule is CCCCN(C)C(=O)C(=O)NC1=NCCS1. The van der Waals surface area contributed by atoms with E-state index in [1.165, 1.54) is 16.7 Å². The first-order valence-electron chi connectivity index (χ1n) is 5.39. The molecule has 0 bridgehead atoms. The lowest BCUT2D eigenvalue weighted by Crippen LogP contribution is -2.42. The maximum absolute atomic E-state index is 11.6. The molecule has 90 valence electrons. The smallest absolute Gasteiger partial charge is 0.315 e. The minimum absolute atomic E-state index is 0.497. The predicted octanol–water partition coefficient (Wildman–Crippen LogP) is 0.464. The van der Waals surface area contributed by atoms with Gasteiger partial charge in [-0.3, -0.25) is 19.9 Å². The highest BCUT2D eigenvalue weighted by molar-refractivity contribution is 8.14. The lowest BCUT2D eigenvalue weighted by molar-refractivity contribution is -0.144. The molecule has 0 aliphatic carbocycles. The second-order valence-corrected chi connectivity index (χ2v) is 4.65. The van der Waals surface area contributed by atoms with E-state index in [1.54, 1.807) is 7.05 Å². The molecule has 0 radical (unpaired) electrons. The molecule has 0 aromatic heterocycles. The Bertz CT molecular complexity index is 304. The Kier molecular flexibility index (Phi) is 5.31. The number of thioether (sulfide) groups is 1. The van der Waals surface area contributed by atoms with Crippen LogP contribution in [0.3, 0.4) is 0 Å². The Morgan fingerprint density at radius 1 is 1.56 bits per heavy atom. The lowest BCUT2D eigenvalue weighted by atomic mass is 10.3. The fourth-order valence-corrected chi connectivity index (χ4v) is 1.95. The van der Waals surface area contributed by atoms with E-state index in [-0.39, 0.29) is 0 Å². The lowest BCUT2D eigenvalue weighted by Gasteiger charge is -2.15. The van der Waals surface area contributed by atoms with Gasteiger partial charge in [-0.15, -0.1) is 0 Å². The van der Waals surface area contributed by atoms with Crippen molar-refractivity contribution in [2.45, 2.75) is 19.8 Å². The zero-order valence-electron chi connectivity index (χ0n) is 9.65. The van der Waals surface area contributed by atoms with Gasteiger partial charge in [0.25, 0.3) is 0 Å². The van der Waals surface area contributed by atoms with E-state index in [2.05, 4.69) is 10.3 Å². The number of aliphatic imine (C=N–C) groups is 1. The van der Waals surface area contributed by atoms with Crippen molar-refractivity contribution in [2.75, 3.05) is 25.9 Å². The summed E-state index contributed by atoms with van der Waals surface area (Å²) in [5.74, 6) is -0.217. The molecule has 1 N–H and O–H groups in total. The van der Waals surface area contributed by atoms with Gasteiger partial charge in [-0.1, -0.05) is 25.1 Å². The summed E-state index contributed by atoms with van der Waals surface area (Å²) in [4.78, 5) is 28.6. The number of nitrogens with zero attached hydrogens (tertiary/aromatic N) is 2. The highest BCUT2D eigenvalue weighted by Gasteiger charge is 2.20. The molecular formula is C10H17N3O2S. The number of rotatable bonds is 3. The molecule has 16 heavy (non-hydrogen) atoms. The molecule has 6 heteroatoms. The van der Waals surface area contributed by atoms with Gasteiger partial charge < -0.3 is 4.90 Å². The van der Waals surface area contributed by atoms with Crippen LogP contribution in [0.2, 0.25) is 0 Å². The van der Waals surface area contributed by atoms with Gasteiger partial charge in [0.2, 0.25) is 0 Å². The third-order valence-electron chi connectivity index (χ3n) is 2.19. The molecule has 0 spiro atoms. The molecule has 0 unspecified atom stereocenters. The summed E-state index contributed by atoms with van der Waals surface area (Å²) >= 11 is 1.46. The number of hydrogen-bond donors (Lipinski definition) is 1. The molecule has 0 saturated carbocycles. The van der Waals surface area contributed by atoms with E-state index in [0.717, 1.165) is 18.6 Å². The third kappa shape index (κ3) is 3.84. The molecule has 5 nitrogen and oxygen atoms in total. The van der Waals surface area contributed by atoms with Gasteiger partial charge in [0.05, 0.1) is 6.54 Å². The number of amides is 2. The zero-order chi connectivity index (χ0) is 12.0. The van der Waals surface area contributed by atoms with Crippen LogP contribution in [0.25, 0.3) is 0 Å². The van der Waals surface area contributed by atoms with Crippen LogP contribution >= 0.6 is 11.8 Å². The topological polar surface area (TPSA) is 61.8 Å². The van der Waals surface area contributed by atoms with Crippen LogP contribution in [0, 0.1) is 0 Å². The normalized spacial score (nSPS) is 14.5. The summed E-state index contributed by atoms with van der Waals surface area (Å²) in [6, 6.07) is 0. The van der Waals surface area contributed by atoms with Gasteiger partial charge in [-0.25, -0.2) is 0 Å². The van der Waals surface area contributed by atoms with E-state index >= 15 is 0 Å².